The Morgan fingerprint density at radius 2 is 2.13 bits per heavy atom. The number of carbonyl (C=O) groups is 1. The molecular weight excluding hydrogens is 423 g/mol. The SMILES string of the molecule is CN1C[C@H](F)C[C@H]1COc1cc(Cl)nc(-c2noc3c2CCC[C@@]32CCCCC2=O)n1. The molecule has 0 bridgehead atoms. The number of ether oxygens (including phenoxy) is 1. The Balaban J connectivity index is 1.42. The largest absolute Gasteiger partial charge is 0.476 e. The molecule has 1 saturated carbocycles. The smallest absolute Gasteiger partial charge is 0.218 e. The van der Waals surface area contributed by atoms with Gasteiger partial charge in [0.15, 0.2) is 17.3 Å². The third-order valence-corrected chi connectivity index (χ3v) is 7.18. The van der Waals surface area contributed by atoms with Crippen molar-refractivity contribution in [2.45, 2.75) is 69.0 Å². The van der Waals surface area contributed by atoms with Crippen LogP contribution in [-0.2, 0) is 16.6 Å². The highest BCUT2D eigenvalue weighted by Crippen LogP contribution is 2.47. The number of nitrogens with zero attached hydrogens (tertiary/aromatic N) is 4. The van der Waals surface area contributed by atoms with Crippen LogP contribution in [0.1, 0.15) is 56.3 Å². The summed E-state index contributed by atoms with van der Waals surface area (Å²) >= 11 is 6.25. The van der Waals surface area contributed by atoms with Crippen molar-refractivity contribution in [3.8, 4) is 17.4 Å². The molecule has 0 radical (unpaired) electrons. The highest BCUT2D eigenvalue weighted by atomic mass is 35.5. The Hall–Kier alpha value is -2.06. The third-order valence-electron chi connectivity index (χ3n) is 6.99. The molecule has 3 heterocycles. The van der Waals surface area contributed by atoms with E-state index in [-0.39, 0.29) is 17.0 Å². The lowest BCUT2D eigenvalue weighted by Crippen LogP contribution is -2.41. The molecular formula is C22H26ClFN4O3. The number of ketones is 1. The molecule has 2 fully saturated rings. The van der Waals surface area contributed by atoms with Crippen molar-refractivity contribution in [1.82, 2.24) is 20.0 Å². The van der Waals surface area contributed by atoms with Gasteiger partial charge in [0.2, 0.25) is 5.88 Å². The van der Waals surface area contributed by atoms with Crippen LogP contribution in [0, 0.1) is 0 Å². The van der Waals surface area contributed by atoms with Gasteiger partial charge in [-0.3, -0.25) is 9.69 Å². The molecule has 1 aliphatic heterocycles. The fourth-order valence-electron chi connectivity index (χ4n) is 5.33. The van der Waals surface area contributed by atoms with Gasteiger partial charge >= 0.3 is 0 Å². The molecule has 7 nitrogen and oxygen atoms in total. The van der Waals surface area contributed by atoms with Crippen LogP contribution in [0.2, 0.25) is 5.15 Å². The number of hydrogen-bond donors (Lipinski definition) is 0. The van der Waals surface area contributed by atoms with Gasteiger partial charge in [-0.1, -0.05) is 23.2 Å². The third kappa shape index (κ3) is 3.74. The fraction of sp³-hybridized carbons (Fsp3) is 0.636. The van der Waals surface area contributed by atoms with Crippen LogP contribution < -0.4 is 4.74 Å². The number of aromatic nitrogens is 3. The average Bonchev–Trinajstić information content (AvgIpc) is 3.32. The number of Topliss-reactive ketones (excluding diaryl/α,β-unsaturated/α-hetero) is 1. The second kappa shape index (κ2) is 8.13. The van der Waals surface area contributed by atoms with Gasteiger partial charge in [-0.15, -0.1) is 0 Å². The summed E-state index contributed by atoms with van der Waals surface area (Å²) in [5.74, 6) is 1.59. The molecule has 0 aromatic carbocycles. The summed E-state index contributed by atoms with van der Waals surface area (Å²) in [6.07, 6.45) is 5.43. The molecule has 5 rings (SSSR count). The minimum Gasteiger partial charge on any atom is -0.476 e. The van der Waals surface area contributed by atoms with Crippen LogP contribution in [0.3, 0.4) is 0 Å². The van der Waals surface area contributed by atoms with E-state index < -0.39 is 11.6 Å². The van der Waals surface area contributed by atoms with Crippen LogP contribution >= 0.6 is 11.6 Å². The highest BCUT2D eigenvalue weighted by molar-refractivity contribution is 6.29. The van der Waals surface area contributed by atoms with Gasteiger partial charge in [-0.25, -0.2) is 9.37 Å². The van der Waals surface area contributed by atoms with E-state index in [1.54, 1.807) is 6.07 Å². The predicted octanol–water partition coefficient (Wildman–Crippen LogP) is 3.92. The molecule has 166 valence electrons. The number of rotatable bonds is 4. The summed E-state index contributed by atoms with van der Waals surface area (Å²) < 4.78 is 25.2. The molecule has 2 aromatic rings. The molecule has 31 heavy (non-hydrogen) atoms. The van der Waals surface area contributed by atoms with E-state index in [1.807, 2.05) is 11.9 Å². The van der Waals surface area contributed by atoms with E-state index in [0.717, 1.165) is 44.1 Å². The number of carbonyl (C=O) groups excluding carboxylic acids is 1. The molecule has 1 spiro atoms. The minimum absolute atomic E-state index is 0.0100. The fourth-order valence-corrected chi connectivity index (χ4v) is 5.51. The first-order valence-electron chi connectivity index (χ1n) is 11.0. The molecule has 0 unspecified atom stereocenters. The molecule has 3 aliphatic rings. The Kier molecular flexibility index (Phi) is 5.46. The first-order valence-corrected chi connectivity index (χ1v) is 11.4. The second-order valence-electron chi connectivity index (χ2n) is 8.99. The van der Waals surface area contributed by atoms with E-state index in [2.05, 4.69) is 15.1 Å². The highest BCUT2D eigenvalue weighted by Gasteiger charge is 2.48. The molecule has 0 N–H and O–H groups in total. The maximum absolute atomic E-state index is 13.6. The summed E-state index contributed by atoms with van der Waals surface area (Å²) in [5.41, 5.74) is 0.887. The molecule has 1 saturated heterocycles. The zero-order chi connectivity index (χ0) is 21.6. The van der Waals surface area contributed by atoms with Crippen molar-refractivity contribution >= 4 is 17.4 Å². The maximum Gasteiger partial charge on any atom is 0.218 e. The number of likely N-dealkylation sites (tertiary alicyclic amines) is 1. The van der Waals surface area contributed by atoms with E-state index >= 15 is 0 Å². The lowest BCUT2D eigenvalue weighted by Gasteiger charge is -2.36. The van der Waals surface area contributed by atoms with Gasteiger partial charge in [0.1, 0.15) is 23.7 Å². The van der Waals surface area contributed by atoms with Gasteiger partial charge in [-0.2, -0.15) is 4.98 Å². The summed E-state index contributed by atoms with van der Waals surface area (Å²) in [5, 5.41) is 4.50. The second-order valence-corrected chi connectivity index (χ2v) is 9.38. The molecule has 2 aromatic heterocycles. The Morgan fingerprint density at radius 3 is 2.90 bits per heavy atom. The average molecular weight is 449 g/mol. The molecule has 9 heteroatoms. The van der Waals surface area contributed by atoms with Crippen LogP contribution in [0.15, 0.2) is 10.6 Å². The maximum atomic E-state index is 13.6. The number of halogens is 2. The number of hydrogen-bond acceptors (Lipinski definition) is 7. The van der Waals surface area contributed by atoms with E-state index in [1.165, 1.54) is 0 Å². The van der Waals surface area contributed by atoms with Crippen molar-refractivity contribution < 1.29 is 18.4 Å². The van der Waals surface area contributed by atoms with Gasteiger partial charge in [0, 0.05) is 30.6 Å². The summed E-state index contributed by atoms with van der Waals surface area (Å²) in [7, 11) is 1.88. The lowest BCUT2D eigenvalue weighted by molar-refractivity contribution is -0.128. The van der Waals surface area contributed by atoms with Gasteiger partial charge in [-0.05, 0) is 45.6 Å². The van der Waals surface area contributed by atoms with Crippen molar-refractivity contribution in [3.63, 3.8) is 0 Å². The van der Waals surface area contributed by atoms with Crippen LogP contribution in [0.4, 0.5) is 4.39 Å². The first kappa shape index (κ1) is 20.8. The summed E-state index contributed by atoms with van der Waals surface area (Å²) in [4.78, 5) is 23.6. The first-order chi connectivity index (χ1) is 15.0. The van der Waals surface area contributed by atoms with Gasteiger partial charge in [0.25, 0.3) is 0 Å². The zero-order valence-corrected chi connectivity index (χ0v) is 18.3. The van der Waals surface area contributed by atoms with Crippen molar-refractivity contribution in [3.05, 3.63) is 22.5 Å². The normalized spacial score (nSPS) is 28.8. The Bertz CT molecular complexity index is 999. The van der Waals surface area contributed by atoms with Crippen LogP contribution in [0.5, 0.6) is 5.88 Å². The standard InChI is InChI=1S/C22H26ClFN4O3/c1-28-11-13(24)9-14(28)12-30-18-10-17(23)25-21(26-18)19-15-5-4-8-22(20(15)31-27-19)7-3-2-6-16(22)29/h10,13-14H,2-9,11-12H2,1H3/t13-,14+,22-/m1/s1. The van der Waals surface area contributed by atoms with Crippen LogP contribution in [-0.4, -0.2) is 58.2 Å². The monoisotopic (exact) mass is 448 g/mol. The Morgan fingerprint density at radius 1 is 1.29 bits per heavy atom. The Labute approximate surface area is 185 Å². The summed E-state index contributed by atoms with van der Waals surface area (Å²) in [6, 6.07) is 1.54. The van der Waals surface area contributed by atoms with Crippen LogP contribution in [0.25, 0.3) is 11.5 Å². The van der Waals surface area contributed by atoms with Gasteiger partial charge < -0.3 is 9.26 Å². The van der Waals surface area contributed by atoms with E-state index in [9.17, 15) is 9.18 Å². The van der Waals surface area contributed by atoms with E-state index in [0.29, 0.717) is 49.2 Å². The van der Waals surface area contributed by atoms with Gasteiger partial charge in [0.05, 0.1) is 5.41 Å². The van der Waals surface area contributed by atoms with E-state index in [4.69, 9.17) is 20.9 Å². The van der Waals surface area contributed by atoms with Crippen molar-refractivity contribution in [1.29, 1.82) is 0 Å². The number of alkyl halides is 1. The number of fused-ring (bicyclic) bond motifs is 2. The number of likely N-dealkylation sites (N-methyl/N-ethyl adjacent to an activating group) is 1. The molecule has 3 atom stereocenters. The van der Waals surface area contributed by atoms with Crippen molar-refractivity contribution in [2.75, 3.05) is 20.2 Å². The lowest BCUT2D eigenvalue weighted by atomic mass is 9.64. The quantitative estimate of drug-likeness (QED) is 0.655. The zero-order valence-electron chi connectivity index (χ0n) is 17.6. The molecule has 2 aliphatic carbocycles. The minimum atomic E-state index is -0.834. The molecule has 0 amide bonds. The predicted molar refractivity (Wildman–Crippen MR) is 112 cm³/mol. The summed E-state index contributed by atoms with van der Waals surface area (Å²) in [6.45, 7) is 0.730. The topological polar surface area (TPSA) is 81.4 Å². The van der Waals surface area contributed by atoms with Crippen molar-refractivity contribution in [2.24, 2.45) is 0 Å².